The van der Waals surface area contributed by atoms with E-state index in [9.17, 15) is 18.3 Å². The van der Waals surface area contributed by atoms with Crippen molar-refractivity contribution in [2.75, 3.05) is 5.32 Å². The van der Waals surface area contributed by atoms with Gasteiger partial charge in [0.1, 0.15) is 23.4 Å². The number of rotatable bonds is 3. The average Bonchev–Trinajstić information content (AvgIpc) is 3.10. The summed E-state index contributed by atoms with van der Waals surface area (Å²) in [5.74, 6) is -0.680. The van der Waals surface area contributed by atoms with Crippen molar-refractivity contribution in [3.8, 4) is 0 Å². The first-order valence-electron chi connectivity index (χ1n) is 9.85. The van der Waals surface area contributed by atoms with Crippen LogP contribution >= 0.6 is 0 Å². The van der Waals surface area contributed by atoms with Crippen molar-refractivity contribution >= 4 is 21.7 Å². The molecule has 0 bridgehead atoms. The summed E-state index contributed by atoms with van der Waals surface area (Å²) in [6.07, 6.45) is -1.11. The second-order valence-electron chi connectivity index (χ2n) is 8.92. The zero-order chi connectivity index (χ0) is 21.9. The van der Waals surface area contributed by atoms with Crippen LogP contribution in [0.25, 0.3) is 0 Å². The lowest BCUT2D eigenvalue weighted by Gasteiger charge is -2.30. The normalized spacial score (nSPS) is 26.0. The lowest BCUT2D eigenvalue weighted by atomic mass is 9.91. The highest BCUT2D eigenvalue weighted by Gasteiger charge is 2.63. The van der Waals surface area contributed by atoms with Gasteiger partial charge >= 0.3 is 5.97 Å². The molecule has 160 valence electrons. The number of ether oxygens (including phenoxy) is 1. The molecule has 0 radical (unpaired) electrons. The summed E-state index contributed by atoms with van der Waals surface area (Å²) < 4.78 is 33.8. The Bertz CT molecular complexity index is 1090. The second-order valence-corrected chi connectivity index (χ2v) is 10.8. The summed E-state index contributed by atoms with van der Waals surface area (Å²) in [5, 5.41) is 14.7. The maximum Gasteiger partial charge on any atom is 0.325 e. The molecule has 1 fully saturated rings. The van der Waals surface area contributed by atoms with Crippen LogP contribution in [0.5, 0.6) is 0 Å². The molecule has 1 saturated heterocycles. The molecule has 0 amide bonds. The Kier molecular flexibility index (Phi) is 4.72. The van der Waals surface area contributed by atoms with E-state index in [0.29, 0.717) is 11.3 Å². The van der Waals surface area contributed by atoms with Crippen LogP contribution in [0.1, 0.15) is 38.3 Å². The zero-order valence-electron chi connectivity index (χ0n) is 17.4. The fourth-order valence-electron chi connectivity index (χ4n) is 4.16. The topological polar surface area (TPSA) is 95.9 Å². The van der Waals surface area contributed by atoms with Crippen LogP contribution in [-0.4, -0.2) is 41.6 Å². The molecule has 0 spiro atoms. The van der Waals surface area contributed by atoms with E-state index in [4.69, 9.17) is 4.74 Å². The number of sulfonamides is 1. The minimum Gasteiger partial charge on any atom is -0.459 e. The van der Waals surface area contributed by atoms with Gasteiger partial charge in [0.05, 0.1) is 4.90 Å². The number of hydrogen-bond acceptors (Lipinski definition) is 6. The zero-order valence-corrected chi connectivity index (χ0v) is 18.2. The van der Waals surface area contributed by atoms with Gasteiger partial charge in [0.25, 0.3) is 0 Å². The van der Waals surface area contributed by atoms with Gasteiger partial charge in [0.15, 0.2) is 0 Å². The van der Waals surface area contributed by atoms with Gasteiger partial charge in [0.2, 0.25) is 10.0 Å². The van der Waals surface area contributed by atoms with Crippen LogP contribution < -0.4 is 5.32 Å². The number of carbonyl (C=O) groups excluding carboxylic acids is 1. The van der Waals surface area contributed by atoms with Crippen molar-refractivity contribution in [1.82, 2.24) is 4.31 Å². The molecular formula is C22H26N2O5S. The molecule has 2 aliphatic rings. The predicted molar refractivity (Wildman–Crippen MR) is 112 cm³/mol. The van der Waals surface area contributed by atoms with E-state index in [2.05, 4.69) is 5.32 Å². The van der Waals surface area contributed by atoms with Crippen LogP contribution in [0.3, 0.4) is 0 Å². The molecule has 30 heavy (non-hydrogen) atoms. The molecule has 0 aliphatic carbocycles. The number of anilines is 1. The van der Waals surface area contributed by atoms with Gasteiger partial charge in [-0.2, -0.15) is 4.31 Å². The van der Waals surface area contributed by atoms with Gasteiger partial charge < -0.3 is 15.2 Å². The van der Waals surface area contributed by atoms with E-state index < -0.39 is 39.4 Å². The summed E-state index contributed by atoms with van der Waals surface area (Å²) in [6, 6.07) is 12.4. The third-order valence-electron chi connectivity index (χ3n) is 5.48. The Hall–Kier alpha value is -2.42. The lowest BCUT2D eigenvalue weighted by molar-refractivity contribution is -0.159. The van der Waals surface area contributed by atoms with Gasteiger partial charge in [-0.25, -0.2) is 8.42 Å². The SMILES string of the molecule is Cc1ccc(S(=O)(=O)N2[C@H](C(=O)OC(C)(C)C)C[C@@]3(O)c4ccccc4N[C@@H]23)cc1. The molecule has 8 heteroatoms. The summed E-state index contributed by atoms with van der Waals surface area (Å²) >= 11 is 0. The van der Waals surface area contributed by atoms with E-state index >= 15 is 0 Å². The molecule has 0 saturated carbocycles. The number of carbonyl (C=O) groups is 1. The van der Waals surface area contributed by atoms with Crippen LogP contribution in [0.2, 0.25) is 0 Å². The Morgan fingerprint density at radius 2 is 1.80 bits per heavy atom. The molecular weight excluding hydrogens is 404 g/mol. The molecule has 2 N–H and O–H groups in total. The predicted octanol–water partition coefficient (Wildman–Crippen LogP) is 2.74. The number of nitrogens with zero attached hydrogens (tertiary/aromatic N) is 1. The first-order valence-corrected chi connectivity index (χ1v) is 11.3. The van der Waals surface area contributed by atoms with Gasteiger partial charge in [0, 0.05) is 17.7 Å². The van der Waals surface area contributed by atoms with Gasteiger partial charge in [-0.1, -0.05) is 35.9 Å². The van der Waals surface area contributed by atoms with E-state index in [-0.39, 0.29) is 11.3 Å². The van der Waals surface area contributed by atoms with E-state index in [1.54, 1.807) is 57.2 Å². The molecule has 2 heterocycles. The molecule has 2 aromatic carbocycles. The molecule has 0 unspecified atom stereocenters. The van der Waals surface area contributed by atoms with Crippen molar-refractivity contribution in [2.45, 2.75) is 62.4 Å². The average molecular weight is 431 g/mol. The van der Waals surface area contributed by atoms with Crippen molar-refractivity contribution in [3.05, 3.63) is 59.7 Å². The highest BCUT2D eigenvalue weighted by Crippen LogP contribution is 2.51. The van der Waals surface area contributed by atoms with Crippen LogP contribution in [0, 0.1) is 6.92 Å². The number of benzene rings is 2. The first-order chi connectivity index (χ1) is 13.9. The highest BCUT2D eigenvalue weighted by molar-refractivity contribution is 7.89. The van der Waals surface area contributed by atoms with Crippen molar-refractivity contribution in [3.63, 3.8) is 0 Å². The standard InChI is InChI=1S/C22H26N2O5S/c1-14-9-11-15(12-10-14)30(27,28)24-18(19(25)29-21(2,3)4)13-22(26)16-7-5-6-8-17(16)23-20(22)24/h5-12,18,20,23,26H,13H2,1-4H3/t18-,20-,22+/m0/s1. The number of esters is 1. The van der Waals surface area contributed by atoms with Crippen molar-refractivity contribution in [1.29, 1.82) is 0 Å². The van der Waals surface area contributed by atoms with E-state index in [0.717, 1.165) is 9.87 Å². The monoisotopic (exact) mass is 430 g/mol. The maximum absolute atomic E-state index is 13.6. The lowest BCUT2D eigenvalue weighted by Crippen LogP contribution is -2.50. The van der Waals surface area contributed by atoms with Crippen LogP contribution in [-0.2, 0) is 25.2 Å². The molecule has 2 aromatic rings. The highest BCUT2D eigenvalue weighted by atomic mass is 32.2. The van der Waals surface area contributed by atoms with Crippen molar-refractivity contribution in [2.24, 2.45) is 0 Å². The Morgan fingerprint density at radius 1 is 1.17 bits per heavy atom. The fraction of sp³-hybridized carbons (Fsp3) is 0.409. The molecule has 0 aromatic heterocycles. The van der Waals surface area contributed by atoms with Gasteiger partial charge in [-0.05, 0) is 45.9 Å². The minimum atomic E-state index is -4.11. The van der Waals surface area contributed by atoms with E-state index in [1.165, 1.54) is 12.1 Å². The number of hydrogen-bond donors (Lipinski definition) is 2. The first kappa shape index (κ1) is 20.8. The van der Waals surface area contributed by atoms with Crippen LogP contribution in [0.4, 0.5) is 5.69 Å². The molecule has 2 aliphatic heterocycles. The fourth-order valence-corrected chi connectivity index (χ4v) is 5.88. The smallest absolute Gasteiger partial charge is 0.325 e. The largest absolute Gasteiger partial charge is 0.459 e. The Labute approximate surface area is 176 Å². The summed E-state index contributed by atoms with van der Waals surface area (Å²) in [7, 11) is -4.11. The number of fused-ring (bicyclic) bond motifs is 3. The van der Waals surface area contributed by atoms with E-state index in [1.807, 2.05) is 6.92 Å². The van der Waals surface area contributed by atoms with Gasteiger partial charge in [-0.15, -0.1) is 0 Å². The number of para-hydroxylation sites is 1. The molecule has 7 nitrogen and oxygen atoms in total. The summed E-state index contributed by atoms with van der Waals surface area (Å²) in [5.41, 5.74) is -0.193. The minimum absolute atomic E-state index is 0.0589. The quantitative estimate of drug-likeness (QED) is 0.727. The van der Waals surface area contributed by atoms with Gasteiger partial charge in [-0.3, -0.25) is 4.79 Å². The Balaban J connectivity index is 1.82. The Morgan fingerprint density at radius 3 is 2.43 bits per heavy atom. The molecule has 4 rings (SSSR count). The molecule has 3 atom stereocenters. The third kappa shape index (κ3) is 3.29. The van der Waals surface area contributed by atoms with Crippen molar-refractivity contribution < 1.29 is 23.1 Å². The number of aryl methyl sites for hydroxylation is 1. The van der Waals surface area contributed by atoms with Crippen LogP contribution in [0.15, 0.2) is 53.4 Å². The summed E-state index contributed by atoms with van der Waals surface area (Å²) in [6.45, 7) is 7.04. The summed E-state index contributed by atoms with van der Waals surface area (Å²) in [4.78, 5) is 13.1. The maximum atomic E-state index is 13.6. The third-order valence-corrected chi connectivity index (χ3v) is 7.37. The second kappa shape index (κ2) is 6.80. The number of nitrogens with one attached hydrogen (secondary N) is 1. The number of aliphatic hydroxyl groups is 1.